The van der Waals surface area contributed by atoms with E-state index in [9.17, 15) is 0 Å². The Morgan fingerprint density at radius 2 is 0.909 bits per heavy atom. The Morgan fingerprint density at radius 3 is 1.20 bits per heavy atom. The summed E-state index contributed by atoms with van der Waals surface area (Å²) in [6.45, 7) is 28.5. The maximum Gasteiger partial charge on any atom is -1.00 e. The van der Waals surface area contributed by atoms with Gasteiger partial charge in [-0.1, -0.05) is 0 Å². The topological polar surface area (TPSA) is 0 Å². The van der Waals surface area contributed by atoms with E-state index >= 15 is 0 Å². The predicted octanol–water partition coefficient (Wildman–Crippen LogP) is 9.05. The van der Waals surface area contributed by atoms with Crippen LogP contribution in [0.4, 0.5) is 0 Å². The van der Waals surface area contributed by atoms with Crippen LogP contribution in [0, 0.1) is 0 Å². The van der Waals surface area contributed by atoms with Crippen molar-refractivity contribution in [3.8, 4) is 0 Å². The molecular formula is C52H66Cl2Zr. The van der Waals surface area contributed by atoms with E-state index in [1.165, 1.54) is 80.2 Å². The smallest absolute Gasteiger partial charge is 1.00 e. The van der Waals surface area contributed by atoms with Crippen molar-refractivity contribution < 1.29 is 45.1 Å². The first-order valence-electron chi connectivity index (χ1n) is 20.9. The van der Waals surface area contributed by atoms with Crippen LogP contribution >= 0.6 is 0 Å². The molecule has 1 fully saturated rings. The van der Waals surface area contributed by atoms with Crippen LogP contribution in [0.5, 0.6) is 0 Å². The quantitative estimate of drug-likeness (QED) is 0.224. The van der Waals surface area contributed by atoms with Crippen molar-refractivity contribution >= 4 is 0 Å². The van der Waals surface area contributed by atoms with E-state index < -0.39 is 20.3 Å². The molecule has 0 nitrogen and oxygen atoms in total. The summed E-state index contributed by atoms with van der Waals surface area (Å²) >= 11 is -3.11. The number of hydrogen-bond acceptors (Lipinski definition) is 0. The van der Waals surface area contributed by atoms with Crippen molar-refractivity contribution in [2.75, 3.05) is 0 Å². The van der Waals surface area contributed by atoms with E-state index in [4.69, 9.17) is 0 Å². The zero-order valence-electron chi connectivity index (χ0n) is 36.0. The molecule has 0 spiro atoms. The van der Waals surface area contributed by atoms with Gasteiger partial charge in [-0.05, 0) is 0 Å². The second-order valence-electron chi connectivity index (χ2n) is 19.5. The van der Waals surface area contributed by atoms with Crippen molar-refractivity contribution in [2.45, 2.75) is 152 Å². The molecule has 0 radical (unpaired) electrons. The van der Waals surface area contributed by atoms with E-state index in [0.717, 1.165) is 0 Å². The van der Waals surface area contributed by atoms with Gasteiger partial charge in [0, 0.05) is 0 Å². The molecular weight excluding hydrogens is 787 g/mol. The monoisotopic (exact) mass is 850 g/mol. The van der Waals surface area contributed by atoms with Gasteiger partial charge in [-0.25, -0.2) is 0 Å². The molecule has 4 aliphatic carbocycles. The molecule has 7 rings (SSSR count). The number of rotatable bonds is 10. The molecule has 2 aromatic rings. The molecule has 5 aliphatic rings. The summed E-state index contributed by atoms with van der Waals surface area (Å²) in [5.41, 5.74) is 18.5. The minimum Gasteiger partial charge on any atom is -1.00 e. The Kier molecular flexibility index (Phi) is 12.7. The Morgan fingerprint density at radius 1 is 0.564 bits per heavy atom. The van der Waals surface area contributed by atoms with Crippen LogP contribution in [0.15, 0.2) is 136 Å². The molecule has 292 valence electrons. The summed E-state index contributed by atoms with van der Waals surface area (Å²) in [5, 5.41) is 0. The number of allylic oxidation sites excluding steroid dienone is 16. The first-order valence-corrected chi connectivity index (χ1v) is 26.9. The molecule has 2 unspecified atom stereocenters. The normalized spacial score (nSPS) is 23.5. The summed E-state index contributed by atoms with van der Waals surface area (Å²) in [6, 6.07) is 19.3. The Labute approximate surface area is 352 Å². The number of halogens is 2. The van der Waals surface area contributed by atoms with Gasteiger partial charge in [-0.15, -0.1) is 0 Å². The minimum atomic E-state index is -3.11. The standard InChI is InChI=1S/2C25H31.C2H4.2ClH.Zr/c2*1-7-8-9-19-16-22-18(2)14-15-25(6,23(22)17-19)21-12-10-20(11-13-21)24(3,4)5;1-2;;;/h2*10-15,17H,7-9H2,1-6H3;1-2H2;2*1H;/q;;;;;+2/p-2. The first kappa shape index (κ1) is 43.9. The fourth-order valence-electron chi connectivity index (χ4n) is 9.90. The molecule has 1 aliphatic heterocycles. The molecule has 0 N–H and O–H groups in total. The van der Waals surface area contributed by atoms with Crippen LogP contribution in [0.3, 0.4) is 0 Å². The predicted molar refractivity (Wildman–Crippen MR) is 228 cm³/mol. The van der Waals surface area contributed by atoms with Crippen LogP contribution < -0.4 is 24.8 Å². The number of unbranched alkanes of at least 4 members (excludes halogenated alkanes) is 2. The SMILES string of the molecule is CCCCC1=[C]([Zr+2]2([C]3=C(CCCC)C=C4C3=C(C)C=CC4(C)c3ccc(C(C)(C)C)cc3)[CH2][CH2]2)C2=C(C)C=CC(C)(c3ccc(C(C)(C)C)cc3)C2=C1.[Cl-].[Cl-]. The van der Waals surface area contributed by atoms with Crippen LogP contribution in [-0.2, 0) is 41.9 Å². The van der Waals surface area contributed by atoms with Crippen LogP contribution in [0.25, 0.3) is 0 Å². The van der Waals surface area contributed by atoms with Gasteiger partial charge < -0.3 is 24.8 Å². The Bertz CT molecular complexity index is 1920. The summed E-state index contributed by atoms with van der Waals surface area (Å²) in [7, 11) is 0. The summed E-state index contributed by atoms with van der Waals surface area (Å²) in [5.74, 6) is 0. The largest absolute Gasteiger partial charge is 1.00 e. The van der Waals surface area contributed by atoms with Gasteiger partial charge in [0.2, 0.25) is 0 Å². The molecule has 2 aromatic carbocycles. The van der Waals surface area contributed by atoms with Gasteiger partial charge in [-0.3, -0.25) is 0 Å². The second-order valence-corrected chi connectivity index (χ2v) is 29.8. The average molecular weight is 853 g/mol. The number of hydrogen-bond donors (Lipinski definition) is 0. The fourth-order valence-corrected chi connectivity index (χ4v) is 25.2. The van der Waals surface area contributed by atoms with E-state index in [-0.39, 0.29) is 46.5 Å². The van der Waals surface area contributed by atoms with Gasteiger partial charge >= 0.3 is 330 Å². The molecule has 1 saturated heterocycles. The van der Waals surface area contributed by atoms with Crippen molar-refractivity contribution in [1.29, 1.82) is 0 Å². The van der Waals surface area contributed by atoms with Gasteiger partial charge in [0.15, 0.2) is 0 Å². The zero-order chi connectivity index (χ0) is 38.1. The minimum absolute atomic E-state index is 0. The van der Waals surface area contributed by atoms with Gasteiger partial charge in [-0.2, -0.15) is 0 Å². The molecule has 3 heteroatoms. The first-order chi connectivity index (χ1) is 25.0. The Balaban J connectivity index is 0.00000290. The van der Waals surface area contributed by atoms with Gasteiger partial charge in [0.05, 0.1) is 0 Å². The van der Waals surface area contributed by atoms with Crippen molar-refractivity contribution in [1.82, 2.24) is 0 Å². The van der Waals surface area contributed by atoms with E-state index in [1.54, 1.807) is 33.4 Å². The van der Waals surface area contributed by atoms with Crippen molar-refractivity contribution in [2.24, 2.45) is 0 Å². The van der Waals surface area contributed by atoms with Crippen LogP contribution in [-0.4, -0.2) is 0 Å². The van der Waals surface area contributed by atoms with E-state index in [1.807, 2.05) is 6.56 Å². The molecule has 0 saturated carbocycles. The zero-order valence-corrected chi connectivity index (χ0v) is 40.0. The maximum atomic E-state index is 2.72. The van der Waals surface area contributed by atoms with Crippen LogP contribution in [0.2, 0.25) is 8.26 Å². The summed E-state index contributed by atoms with van der Waals surface area (Å²) in [6.07, 6.45) is 22.9. The molecule has 1 heterocycles. The van der Waals surface area contributed by atoms with Crippen molar-refractivity contribution in [3.05, 3.63) is 158 Å². The molecule has 0 aromatic heterocycles. The van der Waals surface area contributed by atoms with E-state index in [0.29, 0.717) is 0 Å². The van der Waals surface area contributed by atoms with Crippen molar-refractivity contribution in [3.63, 3.8) is 0 Å². The molecule has 2 atom stereocenters. The van der Waals surface area contributed by atoms with Gasteiger partial charge in [0.1, 0.15) is 0 Å². The van der Waals surface area contributed by atoms with Gasteiger partial charge in [0.25, 0.3) is 0 Å². The Hall–Kier alpha value is -2.18. The average Bonchev–Trinajstić information content (AvgIpc) is 3.63. The molecule has 0 bridgehead atoms. The van der Waals surface area contributed by atoms with Crippen LogP contribution in [0.1, 0.15) is 144 Å². The third-order valence-electron chi connectivity index (χ3n) is 13.6. The molecule has 55 heavy (non-hydrogen) atoms. The second kappa shape index (κ2) is 15.9. The fraction of sp³-hybridized carbons (Fsp3) is 0.462. The molecule has 0 amide bonds. The third kappa shape index (κ3) is 7.52. The maximum absolute atomic E-state index is 3.11. The van der Waals surface area contributed by atoms with E-state index in [2.05, 4.69) is 168 Å². The summed E-state index contributed by atoms with van der Waals surface area (Å²) in [4.78, 5) is 0. The third-order valence-corrected chi connectivity index (χ3v) is 24.8. The number of fused-ring (bicyclic) bond motifs is 2. The number of benzene rings is 2. The summed E-state index contributed by atoms with van der Waals surface area (Å²) < 4.78 is 6.66.